The van der Waals surface area contributed by atoms with Crippen molar-refractivity contribution >= 4 is 24.0 Å². The summed E-state index contributed by atoms with van der Waals surface area (Å²) in [7, 11) is 0. The van der Waals surface area contributed by atoms with Crippen LogP contribution in [0.5, 0.6) is 0 Å². The summed E-state index contributed by atoms with van der Waals surface area (Å²) >= 11 is 0. The topological polar surface area (TPSA) is 84.3 Å². The first-order chi connectivity index (χ1) is 9.58. The summed E-state index contributed by atoms with van der Waals surface area (Å²) in [5.41, 5.74) is 1.00. The zero-order valence-corrected chi connectivity index (χ0v) is 12.7. The lowest BCUT2D eigenvalue weighted by Gasteiger charge is -2.11. The van der Waals surface area contributed by atoms with Crippen LogP contribution in [-0.2, 0) is 0 Å². The SMILES string of the molecule is Cc1cc(C(=O)NCC[C@H]2CCCN2)ccc1[N+](=O)[O-].Cl. The second kappa shape index (κ2) is 7.95. The number of hydrogen-bond donors (Lipinski definition) is 2. The first-order valence-electron chi connectivity index (χ1n) is 6.84. The number of rotatable bonds is 5. The van der Waals surface area contributed by atoms with Gasteiger partial charge in [0.2, 0.25) is 0 Å². The Morgan fingerprint density at radius 1 is 1.52 bits per heavy atom. The molecule has 0 spiro atoms. The monoisotopic (exact) mass is 313 g/mol. The van der Waals surface area contributed by atoms with Gasteiger partial charge < -0.3 is 10.6 Å². The smallest absolute Gasteiger partial charge is 0.272 e. The van der Waals surface area contributed by atoms with E-state index in [1.165, 1.54) is 18.6 Å². The maximum Gasteiger partial charge on any atom is 0.272 e. The molecule has 1 heterocycles. The lowest BCUT2D eigenvalue weighted by atomic mass is 10.1. The van der Waals surface area contributed by atoms with Crippen molar-refractivity contribution in [3.8, 4) is 0 Å². The van der Waals surface area contributed by atoms with E-state index in [4.69, 9.17) is 0 Å². The maximum atomic E-state index is 12.0. The molecule has 0 aromatic heterocycles. The first-order valence-corrected chi connectivity index (χ1v) is 6.84. The van der Waals surface area contributed by atoms with Crippen LogP contribution in [0.15, 0.2) is 18.2 Å². The third kappa shape index (κ3) is 4.68. The molecule has 1 amide bonds. The Morgan fingerprint density at radius 2 is 2.29 bits per heavy atom. The highest BCUT2D eigenvalue weighted by Gasteiger charge is 2.15. The average molecular weight is 314 g/mol. The summed E-state index contributed by atoms with van der Waals surface area (Å²) < 4.78 is 0. The maximum absolute atomic E-state index is 12.0. The Kier molecular flexibility index (Phi) is 6.58. The molecule has 116 valence electrons. The molecular formula is C14H20ClN3O3. The van der Waals surface area contributed by atoms with Gasteiger partial charge in [0, 0.05) is 29.8 Å². The number of nitrogens with zero attached hydrogens (tertiary/aromatic N) is 1. The van der Waals surface area contributed by atoms with Crippen LogP contribution in [0.3, 0.4) is 0 Å². The van der Waals surface area contributed by atoms with Gasteiger partial charge in [-0.1, -0.05) is 0 Å². The number of benzene rings is 1. The Balaban J connectivity index is 0.00000220. The van der Waals surface area contributed by atoms with Gasteiger partial charge in [0.1, 0.15) is 0 Å². The van der Waals surface area contributed by atoms with Gasteiger partial charge in [0.15, 0.2) is 0 Å². The zero-order valence-electron chi connectivity index (χ0n) is 11.9. The molecule has 1 aromatic carbocycles. The van der Waals surface area contributed by atoms with E-state index in [0.717, 1.165) is 19.4 Å². The van der Waals surface area contributed by atoms with Gasteiger partial charge in [0.05, 0.1) is 4.92 Å². The molecule has 0 unspecified atom stereocenters. The van der Waals surface area contributed by atoms with Crippen molar-refractivity contribution < 1.29 is 9.72 Å². The fourth-order valence-electron chi connectivity index (χ4n) is 2.47. The molecule has 0 radical (unpaired) electrons. The predicted octanol–water partition coefficient (Wildman–Crippen LogP) is 2.20. The van der Waals surface area contributed by atoms with E-state index in [9.17, 15) is 14.9 Å². The molecule has 1 fully saturated rings. The van der Waals surface area contributed by atoms with Gasteiger partial charge in [0.25, 0.3) is 11.6 Å². The van der Waals surface area contributed by atoms with E-state index >= 15 is 0 Å². The van der Waals surface area contributed by atoms with Crippen LogP contribution in [0.2, 0.25) is 0 Å². The van der Waals surface area contributed by atoms with Crippen molar-refractivity contribution in [2.45, 2.75) is 32.2 Å². The van der Waals surface area contributed by atoms with Crippen molar-refractivity contribution in [3.05, 3.63) is 39.4 Å². The third-order valence-corrected chi connectivity index (χ3v) is 3.60. The Labute approximate surface area is 129 Å². The summed E-state index contributed by atoms with van der Waals surface area (Å²) in [5, 5.41) is 16.9. The van der Waals surface area contributed by atoms with Crippen LogP contribution in [0.1, 0.15) is 35.2 Å². The Bertz CT molecular complexity index is 516. The van der Waals surface area contributed by atoms with E-state index < -0.39 is 4.92 Å². The fraction of sp³-hybridized carbons (Fsp3) is 0.500. The van der Waals surface area contributed by atoms with E-state index in [-0.39, 0.29) is 24.0 Å². The second-order valence-electron chi connectivity index (χ2n) is 5.10. The number of aryl methyl sites for hydroxylation is 1. The number of carbonyl (C=O) groups excluding carboxylic acids is 1. The van der Waals surface area contributed by atoms with Crippen LogP contribution < -0.4 is 10.6 Å². The van der Waals surface area contributed by atoms with E-state index in [1.807, 2.05) is 0 Å². The molecule has 1 aromatic rings. The molecule has 1 saturated heterocycles. The third-order valence-electron chi connectivity index (χ3n) is 3.60. The van der Waals surface area contributed by atoms with Crippen LogP contribution in [0.25, 0.3) is 0 Å². The molecule has 2 N–H and O–H groups in total. The minimum absolute atomic E-state index is 0. The predicted molar refractivity (Wildman–Crippen MR) is 83.1 cm³/mol. The molecule has 1 aliphatic rings. The largest absolute Gasteiger partial charge is 0.352 e. The summed E-state index contributed by atoms with van der Waals surface area (Å²) in [6.45, 7) is 3.31. The molecule has 0 bridgehead atoms. The van der Waals surface area contributed by atoms with Gasteiger partial charge in [-0.25, -0.2) is 0 Å². The van der Waals surface area contributed by atoms with Crippen molar-refractivity contribution in [3.63, 3.8) is 0 Å². The van der Waals surface area contributed by atoms with Gasteiger partial charge in [-0.2, -0.15) is 0 Å². The summed E-state index contributed by atoms with van der Waals surface area (Å²) in [5.74, 6) is -0.180. The number of hydrogen-bond acceptors (Lipinski definition) is 4. The van der Waals surface area contributed by atoms with Gasteiger partial charge in [-0.3, -0.25) is 14.9 Å². The van der Waals surface area contributed by atoms with Gasteiger partial charge in [-0.15, -0.1) is 12.4 Å². The van der Waals surface area contributed by atoms with Crippen LogP contribution >= 0.6 is 12.4 Å². The summed E-state index contributed by atoms with van der Waals surface area (Å²) in [4.78, 5) is 22.2. The first kappa shape index (κ1) is 17.4. The van der Waals surface area contributed by atoms with Crippen LogP contribution in [0, 0.1) is 17.0 Å². The highest BCUT2D eigenvalue weighted by atomic mass is 35.5. The normalized spacial score (nSPS) is 17.1. The van der Waals surface area contributed by atoms with Gasteiger partial charge in [-0.05, 0) is 44.9 Å². The molecule has 21 heavy (non-hydrogen) atoms. The molecule has 0 aliphatic carbocycles. The second-order valence-corrected chi connectivity index (χ2v) is 5.10. The standard InChI is InChI=1S/C14H19N3O3.ClH/c1-10-9-11(4-5-13(10)17(19)20)14(18)16-8-6-12-3-2-7-15-12;/h4-5,9,12,15H,2-3,6-8H2,1H3,(H,16,18);1H/t12-;/m1./s1. The van der Waals surface area contributed by atoms with Crippen molar-refractivity contribution in [2.24, 2.45) is 0 Å². The highest BCUT2D eigenvalue weighted by Crippen LogP contribution is 2.18. The summed E-state index contributed by atoms with van der Waals surface area (Å²) in [6, 6.07) is 4.92. The number of carbonyl (C=O) groups is 1. The van der Waals surface area contributed by atoms with Crippen LogP contribution in [0.4, 0.5) is 5.69 Å². The number of nitro benzene ring substituents is 1. The summed E-state index contributed by atoms with van der Waals surface area (Å²) in [6.07, 6.45) is 3.27. The molecule has 7 heteroatoms. The number of nitro groups is 1. The van der Waals surface area contributed by atoms with Crippen LogP contribution in [-0.4, -0.2) is 30.0 Å². The highest BCUT2D eigenvalue weighted by molar-refractivity contribution is 5.94. The molecule has 0 saturated carbocycles. The minimum Gasteiger partial charge on any atom is -0.352 e. The van der Waals surface area contributed by atoms with E-state index in [1.54, 1.807) is 13.0 Å². The Hall–Kier alpha value is -1.66. The number of halogens is 1. The number of amides is 1. The quantitative estimate of drug-likeness (QED) is 0.644. The van der Waals surface area contributed by atoms with Crippen molar-refractivity contribution in [2.75, 3.05) is 13.1 Å². The lowest BCUT2D eigenvalue weighted by molar-refractivity contribution is -0.385. The molecule has 2 rings (SSSR count). The fourth-order valence-corrected chi connectivity index (χ4v) is 2.47. The molecule has 6 nitrogen and oxygen atoms in total. The molecule has 1 atom stereocenters. The molecular weight excluding hydrogens is 294 g/mol. The number of nitrogens with one attached hydrogen (secondary N) is 2. The van der Waals surface area contributed by atoms with E-state index in [0.29, 0.717) is 23.7 Å². The lowest BCUT2D eigenvalue weighted by Crippen LogP contribution is -2.30. The van der Waals surface area contributed by atoms with Gasteiger partial charge >= 0.3 is 0 Å². The average Bonchev–Trinajstić information content (AvgIpc) is 2.91. The van der Waals surface area contributed by atoms with E-state index in [2.05, 4.69) is 10.6 Å². The Morgan fingerprint density at radius 3 is 2.86 bits per heavy atom. The molecule has 1 aliphatic heterocycles. The van der Waals surface area contributed by atoms with Crippen molar-refractivity contribution in [1.82, 2.24) is 10.6 Å². The zero-order chi connectivity index (χ0) is 14.5. The minimum atomic E-state index is -0.442. The van der Waals surface area contributed by atoms with Crippen molar-refractivity contribution in [1.29, 1.82) is 0 Å².